The van der Waals surface area contributed by atoms with Gasteiger partial charge in [0.25, 0.3) is 5.91 Å². The summed E-state index contributed by atoms with van der Waals surface area (Å²) in [6.07, 6.45) is 0.0588. The van der Waals surface area contributed by atoms with Gasteiger partial charge in [0.15, 0.2) is 6.04 Å². The zero-order valence-corrected chi connectivity index (χ0v) is 28.8. The summed E-state index contributed by atoms with van der Waals surface area (Å²) in [4.78, 5) is 46.1. The van der Waals surface area contributed by atoms with Crippen LogP contribution in [0.25, 0.3) is 0 Å². The van der Waals surface area contributed by atoms with E-state index < -0.39 is 35.2 Å². The molecule has 44 heavy (non-hydrogen) atoms. The van der Waals surface area contributed by atoms with Gasteiger partial charge in [-0.15, -0.1) is 12.4 Å². The van der Waals surface area contributed by atoms with E-state index in [0.29, 0.717) is 24.7 Å². The second-order valence-corrected chi connectivity index (χ2v) is 15.5. The van der Waals surface area contributed by atoms with Gasteiger partial charge >= 0.3 is 5.91 Å². The third kappa shape index (κ3) is 7.26. The predicted molar refractivity (Wildman–Crippen MR) is 172 cm³/mol. The number of hydrogen-bond acceptors (Lipinski definition) is 4. The van der Waals surface area contributed by atoms with Crippen molar-refractivity contribution in [3.05, 3.63) is 34.9 Å². The van der Waals surface area contributed by atoms with Crippen molar-refractivity contribution in [3.8, 4) is 0 Å². The van der Waals surface area contributed by atoms with Crippen LogP contribution < -0.4 is 5.73 Å². The number of likely N-dealkylation sites (tertiary alicyclic amines) is 2. The molecule has 0 radical (unpaired) electrons. The Balaban J connectivity index is 0.00000529. The van der Waals surface area contributed by atoms with Gasteiger partial charge in [-0.25, -0.2) is 18.1 Å². The standard InChI is InChI=1S/C33H49ClF2N4O3.ClH/c1-8-40(29(42)26-19-38(32(5,6)7)18-25(26)21-9-11-22(34)12-10-21)20-24(17-27(40)28(37)41)39(30(43)31(2,3)4)23-13-15-33(35,36)16-14-23;/h9-12,23-27H,8,13-20H2,1-7H3,(H-,37,41);1H/p+1/t24-,25-,26+,27-,40?;/m0./s1. The van der Waals surface area contributed by atoms with Gasteiger partial charge in [-0.05, 0) is 58.2 Å². The number of quaternary nitrogens is 1. The van der Waals surface area contributed by atoms with Crippen molar-refractivity contribution in [2.24, 2.45) is 17.1 Å². The molecule has 3 fully saturated rings. The molecule has 248 valence electrons. The van der Waals surface area contributed by atoms with Crippen molar-refractivity contribution < 1.29 is 27.6 Å². The molecule has 0 aromatic heterocycles. The first-order valence-corrected chi connectivity index (χ1v) is 16.1. The van der Waals surface area contributed by atoms with Gasteiger partial charge in [0.05, 0.1) is 18.5 Å². The highest BCUT2D eigenvalue weighted by Crippen LogP contribution is 2.44. The minimum Gasteiger partial charge on any atom is -0.364 e. The number of nitrogens with two attached hydrogens (primary N) is 1. The molecular weight excluding hydrogens is 609 g/mol. The van der Waals surface area contributed by atoms with Gasteiger partial charge in [-0.2, -0.15) is 0 Å². The molecule has 1 aromatic carbocycles. The summed E-state index contributed by atoms with van der Waals surface area (Å²) in [5, 5.41) is 0.620. The maximum absolute atomic E-state index is 14.9. The van der Waals surface area contributed by atoms with Crippen LogP contribution in [-0.4, -0.2) is 87.8 Å². The van der Waals surface area contributed by atoms with Crippen LogP contribution in [-0.2, 0) is 14.4 Å². The topological polar surface area (TPSA) is 83.7 Å². The molecule has 1 unspecified atom stereocenters. The largest absolute Gasteiger partial charge is 0.364 e. The molecule has 1 aliphatic carbocycles. The quantitative estimate of drug-likeness (QED) is 0.379. The number of nitrogens with zero attached hydrogens (tertiary/aromatic N) is 3. The molecule has 5 atom stereocenters. The van der Waals surface area contributed by atoms with Crippen LogP contribution in [0.15, 0.2) is 24.3 Å². The smallest absolute Gasteiger partial charge is 0.319 e. The van der Waals surface area contributed by atoms with E-state index in [1.54, 1.807) is 4.90 Å². The maximum atomic E-state index is 14.9. The van der Waals surface area contributed by atoms with Crippen molar-refractivity contribution in [2.75, 3.05) is 26.2 Å². The highest BCUT2D eigenvalue weighted by atomic mass is 35.5. The Bertz CT molecular complexity index is 1210. The number of carbonyl (C=O) groups excluding carboxylic acids is 3. The fourth-order valence-electron chi connectivity index (χ4n) is 7.65. The van der Waals surface area contributed by atoms with Crippen molar-refractivity contribution in [3.63, 3.8) is 0 Å². The third-order valence-electron chi connectivity index (χ3n) is 10.2. The summed E-state index contributed by atoms with van der Waals surface area (Å²) < 4.78 is 28.2. The molecule has 7 nitrogen and oxygen atoms in total. The lowest BCUT2D eigenvalue weighted by molar-refractivity contribution is -0.858. The second-order valence-electron chi connectivity index (χ2n) is 15.1. The van der Waals surface area contributed by atoms with Crippen molar-refractivity contribution in [2.45, 2.75) is 116 Å². The van der Waals surface area contributed by atoms with Crippen molar-refractivity contribution in [1.82, 2.24) is 9.80 Å². The van der Waals surface area contributed by atoms with E-state index in [-0.39, 0.29) is 84.9 Å². The first-order chi connectivity index (χ1) is 19.8. The summed E-state index contributed by atoms with van der Waals surface area (Å²) in [6, 6.07) is 5.97. The average Bonchev–Trinajstić information content (AvgIpc) is 3.53. The van der Waals surface area contributed by atoms with E-state index in [4.69, 9.17) is 17.3 Å². The van der Waals surface area contributed by atoms with E-state index in [1.165, 1.54) is 0 Å². The summed E-state index contributed by atoms with van der Waals surface area (Å²) in [7, 11) is 0. The number of primary amides is 1. The van der Waals surface area contributed by atoms with E-state index in [1.807, 2.05) is 52.0 Å². The molecule has 2 saturated heterocycles. The Morgan fingerprint density at radius 1 is 1.02 bits per heavy atom. The number of carbonyl (C=O) groups is 3. The molecule has 0 bridgehead atoms. The van der Waals surface area contributed by atoms with Crippen LogP contribution >= 0.6 is 24.0 Å². The Morgan fingerprint density at radius 2 is 1.59 bits per heavy atom. The Kier molecular flexibility index (Phi) is 10.9. The molecule has 4 rings (SSSR count). The van der Waals surface area contributed by atoms with Crippen LogP contribution in [0.3, 0.4) is 0 Å². The van der Waals surface area contributed by atoms with Gasteiger partial charge in [0, 0.05) is 60.3 Å². The third-order valence-corrected chi connectivity index (χ3v) is 10.4. The number of hydrogen-bond donors (Lipinski definition) is 1. The van der Waals surface area contributed by atoms with Crippen LogP contribution in [0.4, 0.5) is 8.78 Å². The molecule has 3 amide bonds. The summed E-state index contributed by atoms with van der Waals surface area (Å²) >= 11 is 6.20. The van der Waals surface area contributed by atoms with Gasteiger partial charge in [-0.3, -0.25) is 14.5 Å². The van der Waals surface area contributed by atoms with Crippen molar-refractivity contribution >= 4 is 41.7 Å². The van der Waals surface area contributed by atoms with E-state index in [0.717, 1.165) is 5.56 Å². The number of benzene rings is 1. The zero-order chi connectivity index (χ0) is 32.1. The molecule has 2 N–H and O–H groups in total. The SMILES string of the molecule is CC[N+]1(C(=O)[C@@H]2CN(C(C)(C)C)C[C@H]2c2ccc(Cl)cc2)C[C@@H](N(C(=O)C(C)(C)C)C2CCC(F)(F)CC2)C[C@H]1C(N)=O.Cl. The lowest BCUT2D eigenvalue weighted by Crippen LogP contribution is -2.63. The van der Waals surface area contributed by atoms with Crippen LogP contribution in [0, 0.1) is 11.3 Å². The number of halogens is 4. The molecule has 0 spiro atoms. The van der Waals surface area contributed by atoms with Crippen molar-refractivity contribution in [1.29, 1.82) is 0 Å². The van der Waals surface area contributed by atoms with Gasteiger partial charge in [-0.1, -0.05) is 44.5 Å². The molecule has 1 aromatic rings. The monoisotopic (exact) mass is 659 g/mol. The Hall–Kier alpha value is -1.81. The van der Waals surface area contributed by atoms with E-state index >= 15 is 0 Å². The van der Waals surface area contributed by atoms with Gasteiger partial charge < -0.3 is 10.6 Å². The van der Waals surface area contributed by atoms with Gasteiger partial charge in [0.2, 0.25) is 11.8 Å². The molecular formula is C33H51Cl2F2N4O3+. The number of rotatable bonds is 6. The molecule has 3 aliphatic rings. The minimum atomic E-state index is -2.74. The Morgan fingerprint density at radius 3 is 2.07 bits per heavy atom. The summed E-state index contributed by atoms with van der Waals surface area (Å²) in [5.41, 5.74) is 6.14. The molecule has 2 aliphatic heterocycles. The number of amides is 3. The zero-order valence-electron chi connectivity index (χ0n) is 27.2. The average molecular weight is 661 g/mol. The summed E-state index contributed by atoms with van der Waals surface area (Å²) in [6.45, 7) is 15.6. The first-order valence-electron chi connectivity index (χ1n) is 15.7. The van der Waals surface area contributed by atoms with E-state index in [2.05, 4.69) is 25.7 Å². The lowest BCUT2D eigenvalue weighted by atomic mass is 9.86. The summed E-state index contributed by atoms with van der Waals surface area (Å²) in [5.74, 6) is -4.00. The fraction of sp³-hybridized carbons (Fsp3) is 0.727. The highest BCUT2D eigenvalue weighted by Gasteiger charge is 2.60. The molecule has 11 heteroatoms. The fourth-order valence-corrected chi connectivity index (χ4v) is 7.77. The van der Waals surface area contributed by atoms with Gasteiger partial charge in [0.1, 0.15) is 6.54 Å². The second kappa shape index (κ2) is 13.1. The Labute approximate surface area is 272 Å². The maximum Gasteiger partial charge on any atom is 0.319 e. The number of alkyl halides is 2. The normalized spacial score (nSPS) is 29.7. The first kappa shape index (κ1) is 36.7. The number of likely N-dealkylation sites (N-methyl/N-ethyl adjacent to an activating group) is 1. The van der Waals surface area contributed by atoms with Crippen LogP contribution in [0.1, 0.15) is 92.1 Å². The van der Waals surface area contributed by atoms with Crippen LogP contribution in [0.2, 0.25) is 5.02 Å². The van der Waals surface area contributed by atoms with E-state index in [9.17, 15) is 23.2 Å². The molecule has 1 saturated carbocycles. The van der Waals surface area contributed by atoms with Crippen LogP contribution in [0.5, 0.6) is 0 Å². The highest BCUT2D eigenvalue weighted by molar-refractivity contribution is 6.30. The lowest BCUT2D eigenvalue weighted by Gasteiger charge is -2.43. The predicted octanol–water partition coefficient (Wildman–Crippen LogP) is 6.02. The minimum absolute atomic E-state index is 0. The molecule has 2 heterocycles.